The number of nitrogens with one attached hydrogen (secondary N) is 1. The van der Waals surface area contributed by atoms with Gasteiger partial charge in [0.25, 0.3) is 0 Å². The Morgan fingerprint density at radius 3 is 2.75 bits per heavy atom. The normalized spacial score (nSPS) is 17.2. The predicted octanol–water partition coefficient (Wildman–Crippen LogP) is 2.91. The summed E-state index contributed by atoms with van der Waals surface area (Å²) in [4.78, 5) is 4.70. The van der Waals surface area contributed by atoms with Gasteiger partial charge in [-0.2, -0.15) is 0 Å². The summed E-state index contributed by atoms with van der Waals surface area (Å²) in [6, 6.07) is 6.75. The Labute approximate surface area is 147 Å². The highest BCUT2D eigenvalue weighted by Gasteiger charge is 2.28. The molecule has 0 radical (unpaired) electrons. The van der Waals surface area contributed by atoms with Crippen molar-refractivity contribution in [2.24, 2.45) is 11.7 Å². The number of aryl methyl sites for hydroxylation is 1. The van der Waals surface area contributed by atoms with Crippen molar-refractivity contribution >= 4 is 21.4 Å². The summed E-state index contributed by atoms with van der Waals surface area (Å²) in [5.74, 6) is 0.342. The fourth-order valence-electron chi connectivity index (χ4n) is 3.25. The third-order valence-corrected chi connectivity index (χ3v) is 7.04. The fourth-order valence-corrected chi connectivity index (χ4v) is 5.40. The number of nitrogens with two attached hydrogens (primary N) is 1. The maximum Gasteiger partial charge on any atom is 0.240 e. The van der Waals surface area contributed by atoms with Gasteiger partial charge in [0.2, 0.25) is 10.0 Å². The second-order valence-corrected chi connectivity index (χ2v) is 8.90. The molecule has 5 nitrogen and oxygen atoms in total. The molecule has 1 atom stereocenters. The second-order valence-electron chi connectivity index (χ2n) is 6.33. The molecule has 0 aliphatic heterocycles. The monoisotopic (exact) mass is 365 g/mol. The highest BCUT2D eigenvalue weighted by Crippen LogP contribution is 2.29. The van der Waals surface area contributed by atoms with E-state index < -0.39 is 10.0 Å². The van der Waals surface area contributed by atoms with Gasteiger partial charge in [-0.1, -0.05) is 25.0 Å². The van der Waals surface area contributed by atoms with Gasteiger partial charge in [0, 0.05) is 29.2 Å². The van der Waals surface area contributed by atoms with Crippen LogP contribution in [-0.4, -0.2) is 26.0 Å². The zero-order chi connectivity index (χ0) is 17.2. The van der Waals surface area contributed by atoms with Gasteiger partial charge in [-0.05, 0) is 37.8 Å². The van der Waals surface area contributed by atoms with Crippen LogP contribution in [0.4, 0.5) is 0 Å². The van der Waals surface area contributed by atoms with Crippen LogP contribution in [0, 0.1) is 12.8 Å². The van der Waals surface area contributed by atoms with Crippen LogP contribution >= 0.6 is 11.3 Å². The fraction of sp³-hybridized carbons (Fsp3) is 0.471. The van der Waals surface area contributed by atoms with Crippen LogP contribution in [-0.2, 0) is 10.0 Å². The largest absolute Gasteiger partial charge is 0.329 e. The Kier molecular flexibility index (Phi) is 5.34. The molecular weight excluding hydrogens is 342 g/mol. The molecule has 130 valence electrons. The highest BCUT2D eigenvalue weighted by atomic mass is 32.2. The van der Waals surface area contributed by atoms with Crippen LogP contribution in [0.15, 0.2) is 34.5 Å². The van der Waals surface area contributed by atoms with Gasteiger partial charge in [-0.3, -0.25) is 0 Å². The quantitative estimate of drug-likeness (QED) is 0.824. The molecule has 1 fully saturated rings. The van der Waals surface area contributed by atoms with E-state index in [0.717, 1.165) is 41.9 Å². The molecule has 1 unspecified atom stereocenters. The Bertz CT molecular complexity index is 796. The van der Waals surface area contributed by atoms with Gasteiger partial charge < -0.3 is 5.73 Å². The van der Waals surface area contributed by atoms with Crippen molar-refractivity contribution in [1.82, 2.24) is 9.71 Å². The summed E-state index contributed by atoms with van der Waals surface area (Å²) in [5.41, 5.74) is 7.58. The van der Waals surface area contributed by atoms with E-state index in [9.17, 15) is 8.42 Å². The van der Waals surface area contributed by atoms with Crippen molar-refractivity contribution in [2.45, 2.75) is 43.5 Å². The number of nitrogens with zero attached hydrogens (tertiary/aromatic N) is 1. The molecule has 3 N–H and O–H groups in total. The van der Waals surface area contributed by atoms with E-state index in [1.165, 1.54) is 11.3 Å². The first-order valence-electron chi connectivity index (χ1n) is 8.24. The molecule has 1 aliphatic rings. The van der Waals surface area contributed by atoms with Crippen LogP contribution in [0.3, 0.4) is 0 Å². The first kappa shape index (κ1) is 17.5. The number of benzene rings is 1. The van der Waals surface area contributed by atoms with E-state index in [1.807, 2.05) is 18.4 Å². The third kappa shape index (κ3) is 3.85. The van der Waals surface area contributed by atoms with Crippen molar-refractivity contribution < 1.29 is 8.42 Å². The second kappa shape index (κ2) is 7.31. The minimum Gasteiger partial charge on any atom is -0.329 e. The van der Waals surface area contributed by atoms with Gasteiger partial charge in [-0.25, -0.2) is 18.1 Å². The number of hydrogen-bond acceptors (Lipinski definition) is 5. The van der Waals surface area contributed by atoms with E-state index in [-0.39, 0.29) is 10.9 Å². The number of sulfonamides is 1. The maximum absolute atomic E-state index is 12.8. The number of hydrogen-bond donors (Lipinski definition) is 2. The summed E-state index contributed by atoms with van der Waals surface area (Å²) >= 11 is 1.51. The summed E-state index contributed by atoms with van der Waals surface area (Å²) in [5, 5.41) is 2.79. The molecule has 1 aromatic heterocycles. The highest BCUT2D eigenvalue weighted by molar-refractivity contribution is 7.89. The van der Waals surface area contributed by atoms with Crippen LogP contribution in [0.5, 0.6) is 0 Å². The van der Waals surface area contributed by atoms with E-state index in [1.54, 1.807) is 18.2 Å². The zero-order valence-corrected chi connectivity index (χ0v) is 15.4. The van der Waals surface area contributed by atoms with Crippen LogP contribution in [0.1, 0.15) is 31.4 Å². The van der Waals surface area contributed by atoms with Gasteiger partial charge in [0.15, 0.2) is 0 Å². The van der Waals surface area contributed by atoms with Crippen molar-refractivity contribution in [3.8, 4) is 10.6 Å². The molecule has 7 heteroatoms. The van der Waals surface area contributed by atoms with Crippen molar-refractivity contribution in [2.75, 3.05) is 6.54 Å². The summed E-state index contributed by atoms with van der Waals surface area (Å²) in [6.07, 6.45) is 4.40. The molecule has 24 heavy (non-hydrogen) atoms. The lowest BCUT2D eigenvalue weighted by atomic mass is 9.99. The molecule has 0 amide bonds. The van der Waals surface area contributed by atoms with Crippen molar-refractivity contribution in [3.05, 3.63) is 35.3 Å². The minimum absolute atomic E-state index is 0.191. The lowest BCUT2D eigenvalue weighted by Gasteiger charge is -2.23. The number of aromatic nitrogens is 1. The van der Waals surface area contributed by atoms with Crippen LogP contribution in [0.25, 0.3) is 10.6 Å². The average molecular weight is 366 g/mol. The Balaban J connectivity index is 1.83. The minimum atomic E-state index is -3.59. The van der Waals surface area contributed by atoms with Crippen LogP contribution < -0.4 is 10.5 Å². The van der Waals surface area contributed by atoms with Gasteiger partial charge >= 0.3 is 0 Å². The first-order chi connectivity index (χ1) is 11.5. The van der Waals surface area contributed by atoms with E-state index >= 15 is 0 Å². The average Bonchev–Trinajstić information content (AvgIpc) is 3.24. The molecule has 1 saturated carbocycles. The van der Waals surface area contributed by atoms with Crippen molar-refractivity contribution in [1.29, 1.82) is 0 Å². The molecule has 1 heterocycles. The smallest absolute Gasteiger partial charge is 0.240 e. The Morgan fingerprint density at radius 1 is 1.38 bits per heavy atom. The molecule has 0 spiro atoms. The molecule has 1 aliphatic carbocycles. The Morgan fingerprint density at radius 2 is 2.12 bits per heavy atom. The topological polar surface area (TPSA) is 85.1 Å². The SMILES string of the molecule is Cc1csc(-c2cccc(S(=O)(=O)NC(CN)C3CCCC3)c2)n1. The molecule has 2 aromatic rings. The number of thiazole rings is 1. The predicted molar refractivity (Wildman–Crippen MR) is 97.4 cm³/mol. The maximum atomic E-state index is 12.8. The standard InChI is InChI=1S/C17H23N3O2S2/c1-12-11-23-17(19-12)14-7-4-8-15(9-14)24(21,22)20-16(10-18)13-5-2-3-6-13/h4,7-9,11,13,16,20H,2-3,5-6,10,18H2,1H3. The lowest BCUT2D eigenvalue weighted by Crippen LogP contribution is -2.44. The molecular formula is C17H23N3O2S2. The van der Waals surface area contributed by atoms with Crippen LogP contribution in [0.2, 0.25) is 0 Å². The van der Waals surface area contributed by atoms with E-state index in [4.69, 9.17) is 5.73 Å². The van der Waals surface area contributed by atoms with E-state index in [2.05, 4.69) is 9.71 Å². The first-order valence-corrected chi connectivity index (χ1v) is 10.6. The van der Waals surface area contributed by atoms with Crippen molar-refractivity contribution in [3.63, 3.8) is 0 Å². The number of rotatable bonds is 6. The zero-order valence-electron chi connectivity index (χ0n) is 13.7. The van der Waals surface area contributed by atoms with Gasteiger partial charge in [0.1, 0.15) is 5.01 Å². The third-order valence-electron chi connectivity index (χ3n) is 4.54. The summed E-state index contributed by atoms with van der Waals surface area (Å²) in [7, 11) is -3.59. The molecule has 0 saturated heterocycles. The summed E-state index contributed by atoms with van der Waals surface area (Å²) in [6.45, 7) is 2.25. The molecule has 1 aromatic carbocycles. The molecule has 0 bridgehead atoms. The van der Waals surface area contributed by atoms with Gasteiger partial charge in [0.05, 0.1) is 4.90 Å². The Hall–Kier alpha value is -1.28. The van der Waals surface area contributed by atoms with E-state index in [0.29, 0.717) is 12.5 Å². The lowest BCUT2D eigenvalue weighted by molar-refractivity contribution is 0.405. The van der Waals surface area contributed by atoms with Gasteiger partial charge in [-0.15, -0.1) is 11.3 Å². The molecule has 3 rings (SSSR count). The summed E-state index contributed by atoms with van der Waals surface area (Å²) < 4.78 is 28.3.